The van der Waals surface area contributed by atoms with Crippen molar-refractivity contribution in [3.63, 3.8) is 0 Å². The van der Waals surface area contributed by atoms with Gasteiger partial charge in [0.1, 0.15) is 0 Å². The van der Waals surface area contributed by atoms with Gasteiger partial charge in [-0.25, -0.2) is 0 Å². The number of benzene rings is 2. The zero-order valence-electron chi connectivity index (χ0n) is 15.9. The highest BCUT2D eigenvalue weighted by Gasteiger charge is 2.38. The Bertz CT molecular complexity index is 1000. The number of hydrogen-bond donors (Lipinski definition) is 1. The minimum Gasteiger partial charge on any atom is -0.348 e. The van der Waals surface area contributed by atoms with E-state index in [0.717, 1.165) is 26.1 Å². The third kappa shape index (κ3) is 4.68. The van der Waals surface area contributed by atoms with Crippen molar-refractivity contribution in [2.24, 2.45) is 0 Å². The highest BCUT2D eigenvalue weighted by Crippen LogP contribution is 2.29. The molecule has 0 aliphatic carbocycles. The van der Waals surface area contributed by atoms with Gasteiger partial charge in [-0.3, -0.25) is 9.69 Å². The lowest BCUT2D eigenvalue weighted by Gasteiger charge is -2.17. The maximum atomic E-state index is 12.6. The average Bonchev–Trinajstić information content (AvgIpc) is 3.39. The standard InChI is InChI=1S/C21H19F3N4O2/c22-21(23,24)20-26-18(27-30-20)15-6-8-16(9-7-15)19(29)25-17-10-11-28(13-17)12-14-4-2-1-3-5-14/h1-9,17H,10-13H2,(H,25,29)/t17-/m0/s1. The molecule has 1 aromatic heterocycles. The summed E-state index contributed by atoms with van der Waals surface area (Å²) in [7, 11) is 0. The molecule has 0 saturated carbocycles. The van der Waals surface area contributed by atoms with Crippen LogP contribution in [0, 0.1) is 0 Å². The van der Waals surface area contributed by atoms with Crippen molar-refractivity contribution < 1.29 is 22.5 Å². The lowest BCUT2D eigenvalue weighted by atomic mass is 10.1. The predicted octanol–water partition coefficient (Wildman–Crippen LogP) is 3.76. The zero-order valence-corrected chi connectivity index (χ0v) is 15.9. The van der Waals surface area contributed by atoms with Gasteiger partial charge < -0.3 is 9.84 Å². The van der Waals surface area contributed by atoms with Gasteiger partial charge in [0.25, 0.3) is 5.91 Å². The molecule has 1 fully saturated rings. The van der Waals surface area contributed by atoms with E-state index < -0.39 is 12.1 Å². The van der Waals surface area contributed by atoms with E-state index in [-0.39, 0.29) is 17.8 Å². The normalized spacial score (nSPS) is 17.2. The summed E-state index contributed by atoms with van der Waals surface area (Å²) < 4.78 is 42.0. The van der Waals surface area contributed by atoms with Gasteiger partial charge in [-0.2, -0.15) is 18.2 Å². The largest absolute Gasteiger partial charge is 0.471 e. The second-order valence-corrected chi connectivity index (χ2v) is 7.18. The van der Waals surface area contributed by atoms with Crippen molar-refractivity contribution in [3.8, 4) is 11.4 Å². The SMILES string of the molecule is O=C(N[C@H]1CCN(Cc2ccccc2)C1)c1ccc(-c2noc(C(F)(F)F)n2)cc1. The highest BCUT2D eigenvalue weighted by molar-refractivity contribution is 5.94. The number of nitrogens with one attached hydrogen (secondary N) is 1. The molecule has 0 spiro atoms. The van der Waals surface area contributed by atoms with Crippen molar-refractivity contribution in [1.29, 1.82) is 0 Å². The highest BCUT2D eigenvalue weighted by atomic mass is 19.4. The summed E-state index contributed by atoms with van der Waals surface area (Å²) in [6.45, 7) is 2.51. The van der Waals surface area contributed by atoms with Gasteiger partial charge in [0.15, 0.2) is 0 Å². The summed E-state index contributed by atoms with van der Waals surface area (Å²) in [5.41, 5.74) is 1.98. The Labute approximate surface area is 170 Å². The molecule has 1 saturated heterocycles. The van der Waals surface area contributed by atoms with Crippen LogP contribution in [0.2, 0.25) is 0 Å². The number of rotatable bonds is 5. The fourth-order valence-electron chi connectivity index (χ4n) is 3.43. The topological polar surface area (TPSA) is 71.3 Å². The molecule has 4 rings (SSSR count). The molecule has 1 aliphatic heterocycles. The Morgan fingerprint density at radius 3 is 2.53 bits per heavy atom. The fraction of sp³-hybridized carbons (Fsp3) is 0.286. The fourth-order valence-corrected chi connectivity index (χ4v) is 3.43. The van der Waals surface area contributed by atoms with E-state index in [4.69, 9.17) is 0 Å². The number of alkyl halides is 3. The second-order valence-electron chi connectivity index (χ2n) is 7.18. The van der Waals surface area contributed by atoms with Gasteiger partial charge in [-0.05, 0) is 24.1 Å². The van der Waals surface area contributed by atoms with E-state index in [1.807, 2.05) is 18.2 Å². The number of halogens is 3. The molecule has 9 heteroatoms. The first-order chi connectivity index (χ1) is 14.4. The average molecular weight is 416 g/mol. The smallest absolute Gasteiger partial charge is 0.348 e. The molecule has 0 unspecified atom stereocenters. The molecule has 3 aromatic rings. The second kappa shape index (κ2) is 8.27. The van der Waals surface area contributed by atoms with E-state index in [0.29, 0.717) is 11.1 Å². The molecule has 1 aliphatic rings. The summed E-state index contributed by atoms with van der Waals surface area (Å²) in [4.78, 5) is 18.2. The Morgan fingerprint density at radius 1 is 1.13 bits per heavy atom. The first kappa shape index (κ1) is 20.1. The summed E-state index contributed by atoms with van der Waals surface area (Å²) in [6, 6.07) is 16.3. The number of amides is 1. The van der Waals surface area contributed by atoms with Gasteiger partial charge in [0, 0.05) is 36.8 Å². The third-order valence-corrected chi connectivity index (χ3v) is 4.93. The minimum absolute atomic E-state index is 0.0486. The number of carbonyl (C=O) groups is 1. The zero-order chi connectivity index (χ0) is 21.1. The molecular weight excluding hydrogens is 397 g/mol. The van der Waals surface area contributed by atoms with Crippen LogP contribution in [-0.4, -0.2) is 40.1 Å². The molecule has 1 atom stereocenters. The molecule has 156 valence electrons. The molecule has 2 heterocycles. The van der Waals surface area contributed by atoms with Gasteiger partial charge >= 0.3 is 12.1 Å². The first-order valence-electron chi connectivity index (χ1n) is 9.47. The molecule has 2 aromatic carbocycles. The number of carbonyl (C=O) groups excluding carboxylic acids is 1. The number of hydrogen-bond acceptors (Lipinski definition) is 5. The van der Waals surface area contributed by atoms with Gasteiger partial charge in [-0.15, -0.1) is 0 Å². The quantitative estimate of drug-likeness (QED) is 0.686. The summed E-state index contributed by atoms with van der Waals surface area (Å²) in [5.74, 6) is -1.81. The van der Waals surface area contributed by atoms with Crippen molar-refractivity contribution in [1.82, 2.24) is 20.4 Å². The number of likely N-dealkylation sites (tertiary alicyclic amines) is 1. The summed E-state index contributed by atoms with van der Waals surface area (Å²) in [6.07, 6.45) is -3.83. The van der Waals surface area contributed by atoms with Crippen LogP contribution in [-0.2, 0) is 12.7 Å². The molecular formula is C21H19F3N4O2. The van der Waals surface area contributed by atoms with Crippen LogP contribution in [0.3, 0.4) is 0 Å². The molecule has 6 nitrogen and oxygen atoms in total. The van der Waals surface area contributed by atoms with Crippen molar-refractivity contribution >= 4 is 5.91 Å². The Balaban J connectivity index is 1.33. The van der Waals surface area contributed by atoms with E-state index in [9.17, 15) is 18.0 Å². The van der Waals surface area contributed by atoms with E-state index in [1.54, 1.807) is 0 Å². The van der Waals surface area contributed by atoms with Crippen LogP contribution < -0.4 is 5.32 Å². The van der Waals surface area contributed by atoms with Crippen LogP contribution in [0.25, 0.3) is 11.4 Å². The maximum Gasteiger partial charge on any atom is 0.471 e. The molecule has 0 bridgehead atoms. The van der Waals surface area contributed by atoms with Crippen LogP contribution in [0.15, 0.2) is 59.1 Å². The molecule has 30 heavy (non-hydrogen) atoms. The molecule has 1 amide bonds. The Morgan fingerprint density at radius 2 is 1.87 bits per heavy atom. The van der Waals surface area contributed by atoms with E-state index in [1.165, 1.54) is 29.8 Å². The lowest BCUT2D eigenvalue weighted by Crippen LogP contribution is -2.36. The van der Waals surface area contributed by atoms with E-state index >= 15 is 0 Å². The Kier molecular flexibility index (Phi) is 5.54. The van der Waals surface area contributed by atoms with Crippen LogP contribution in [0.1, 0.15) is 28.2 Å². The third-order valence-electron chi connectivity index (χ3n) is 4.93. The van der Waals surface area contributed by atoms with Crippen LogP contribution in [0.5, 0.6) is 0 Å². The van der Waals surface area contributed by atoms with Gasteiger partial charge in [-0.1, -0.05) is 47.6 Å². The van der Waals surface area contributed by atoms with Crippen LogP contribution in [0.4, 0.5) is 13.2 Å². The summed E-state index contributed by atoms with van der Waals surface area (Å²) >= 11 is 0. The van der Waals surface area contributed by atoms with E-state index in [2.05, 4.69) is 37.0 Å². The van der Waals surface area contributed by atoms with Crippen LogP contribution >= 0.6 is 0 Å². The maximum absolute atomic E-state index is 12.6. The molecule has 1 N–H and O–H groups in total. The van der Waals surface area contributed by atoms with Gasteiger partial charge in [0.05, 0.1) is 0 Å². The van der Waals surface area contributed by atoms with Crippen molar-refractivity contribution in [3.05, 3.63) is 71.6 Å². The van der Waals surface area contributed by atoms with Crippen molar-refractivity contribution in [2.45, 2.75) is 25.2 Å². The lowest BCUT2D eigenvalue weighted by molar-refractivity contribution is -0.159. The number of aromatic nitrogens is 2. The molecule has 0 radical (unpaired) electrons. The minimum atomic E-state index is -4.69. The number of nitrogens with zero attached hydrogens (tertiary/aromatic N) is 3. The first-order valence-corrected chi connectivity index (χ1v) is 9.47. The monoisotopic (exact) mass is 416 g/mol. The Hall–Kier alpha value is -3.20. The summed E-state index contributed by atoms with van der Waals surface area (Å²) in [5, 5.41) is 6.36. The van der Waals surface area contributed by atoms with Gasteiger partial charge in [0.2, 0.25) is 5.82 Å². The predicted molar refractivity (Wildman–Crippen MR) is 102 cm³/mol. The van der Waals surface area contributed by atoms with Crippen molar-refractivity contribution in [2.75, 3.05) is 13.1 Å².